The van der Waals surface area contributed by atoms with Crippen LogP contribution in [-0.4, -0.2) is 24.2 Å². The Bertz CT molecular complexity index is 559. The molecular formula is C16H23BClNO3. The summed E-state index contributed by atoms with van der Waals surface area (Å²) < 4.78 is 12.0. The van der Waals surface area contributed by atoms with Gasteiger partial charge in [-0.3, -0.25) is 4.79 Å². The fourth-order valence-corrected chi connectivity index (χ4v) is 2.46. The maximum absolute atomic E-state index is 11.3. The monoisotopic (exact) mass is 323 g/mol. The molecular weight excluding hydrogens is 300 g/mol. The van der Waals surface area contributed by atoms with E-state index in [1.807, 2.05) is 52.8 Å². The molecule has 1 aliphatic heterocycles. The maximum Gasteiger partial charge on any atom is 0.496 e. The molecule has 22 heavy (non-hydrogen) atoms. The first-order valence-corrected chi connectivity index (χ1v) is 7.95. The van der Waals surface area contributed by atoms with E-state index in [9.17, 15) is 4.79 Å². The summed E-state index contributed by atoms with van der Waals surface area (Å²) in [5, 5.41) is 3.42. The van der Waals surface area contributed by atoms with Gasteiger partial charge in [0.25, 0.3) is 0 Å². The van der Waals surface area contributed by atoms with Gasteiger partial charge in [0, 0.05) is 23.5 Å². The Morgan fingerprint density at radius 1 is 1.23 bits per heavy atom. The summed E-state index contributed by atoms with van der Waals surface area (Å²) in [6.45, 7) is 10.3. The Labute approximate surface area is 137 Å². The zero-order valence-electron chi connectivity index (χ0n) is 13.8. The van der Waals surface area contributed by atoms with E-state index in [0.29, 0.717) is 18.0 Å². The molecule has 0 bridgehead atoms. The van der Waals surface area contributed by atoms with Gasteiger partial charge in [-0.1, -0.05) is 30.7 Å². The molecule has 4 nitrogen and oxygen atoms in total. The van der Waals surface area contributed by atoms with Crippen molar-refractivity contribution in [2.75, 3.05) is 0 Å². The van der Waals surface area contributed by atoms with Gasteiger partial charge in [0.1, 0.15) is 0 Å². The van der Waals surface area contributed by atoms with Crippen molar-refractivity contribution in [3.05, 3.63) is 28.8 Å². The molecule has 1 aromatic rings. The Kier molecular flexibility index (Phi) is 4.90. The van der Waals surface area contributed by atoms with E-state index in [4.69, 9.17) is 20.9 Å². The number of halogens is 1. The molecule has 1 aliphatic rings. The van der Waals surface area contributed by atoms with Gasteiger partial charge in [-0.05, 0) is 39.3 Å². The molecule has 1 fully saturated rings. The van der Waals surface area contributed by atoms with Crippen LogP contribution in [-0.2, 0) is 20.6 Å². The number of rotatable bonds is 4. The summed E-state index contributed by atoms with van der Waals surface area (Å²) in [7, 11) is -0.475. The number of benzene rings is 1. The molecule has 6 heteroatoms. The quantitative estimate of drug-likeness (QED) is 0.867. The lowest BCUT2D eigenvalue weighted by atomic mass is 9.78. The highest BCUT2D eigenvalue weighted by atomic mass is 35.5. The van der Waals surface area contributed by atoms with E-state index >= 15 is 0 Å². The highest BCUT2D eigenvalue weighted by Crippen LogP contribution is 2.37. The minimum atomic E-state index is -0.475. The van der Waals surface area contributed by atoms with Crippen molar-refractivity contribution in [2.24, 2.45) is 0 Å². The molecule has 1 N–H and O–H groups in total. The molecule has 1 aromatic carbocycles. The van der Waals surface area contributed by atoms with Crippen molar-refractivity contribution in [2.45, 2.75) is 58.8 Å². The second-order valence-electron chi connectivity index (χ2n) is 6.57. The summed E-state index contributed by atoms with van der Waals surface area (Å²) in [6, 6.07) is 5.68. The zero-order valence-corrected chi connectivity index (χ0v) is 14.6. The standard InChI is InChI=1S/C16H23BClNO3/c1-6-14(20)19-10-11-7-8-12(13(18)9-11)17-21-15(2,3)16(4,5)22-17/h7-9H,6,10H2,1-5H3,(H,19,20). The van der Waals surface area contributed by atoms with Crippen LogP contribution < -0.4 is 10.8 Å². The number of carbonyl (C=O) groups is 1. The van der Waals surface area contributed by atoms with Crippen LogP contribution in [0.25, 0.3) is 0 Å². The third-order valence-corrected chi connectivity index (χ3v) is 4.71. The summed E-state index contributed by atoms with van der Waals surface area (Å²) in [6.07, 6.45) is 0.472. The second-order valence-corrected chi connectivity index (χ2v) is 6.98. The first-order valence-electron chi connectivity index (χ1n) is 7.57. The smallest absolute Gasteiger partial charge is 0.399 e. The summed E-state index contributed by atoms with van der Waals surface area (Å²) in [5.41, 5.74) is 0.974. The second kappa shape index (κ2) is 6.22. The number of hydrogen-bond acceptors (Lipinski definition) is 3. The topological polar surface area (TPSA) is 47.6 Å². The molecule has 0 spiro atoms. The van der Waals surface area contributed by atoms with E-state index in [1.165, 1.54) is 0 Å². The Hall–Kier alpha value is -1.04. The minimum Gasteiger partial charge on any atom is -0.399 e. The molecule has 0 radical (unpaired) electrons. The van der Waals surface area contributed by atoms with Gasteiger partial charge in [-0.15, -0.1) is 0 Å². The van der Waals surface area contributed by atoms with Crippen LogP contribution >= 0.6 is 11.6 Å². The van der Waals surface area contributed by atoms with Crippen molar-refractivity contribution in [3.8, 4) is 0 Å². The predicted octanol–water partition coefficient (Wildman–Crippen LogP) is 2.67. The Balaban J connectivity index is 2.13. The van der Waals surface area contributed by atoms with Gasteiger partial charge >= 0.3 is 7.12 Å². The highest BCUT2D eigenvalue weighted by molar-refractivity contribution is 6.65. The van der Waals surface area contributed by atoms with E-state index in [1.54, 1.807) is 0 Å². The van der Waals surface area contributed by atoms with E-state index in [0.717, 1.165) is 11.0 Å². The molecule has 0 aromatic heterocycles. The SMILES string of the molecule is CCC(=O)NCc1ccc(B2OC(C)(C)C(C)(C)O2)c(Cl)c1. The number of amides is 1. The van der Waals surface area contributed by atoms with Gasteiger partial charge < -0.3 is 14.6 Å². The summed E-state index contributed by atoms with van der Waals surface area (Å²) in [4.78, 5) is 11.3. The zero-order chi connectivity index (χ0) is 16.5. The summed E-state index contributed by atoms with van der Waals surface area (Å²) in [5.74, 6) is 0.0196. The van der Waals surface area contributed by atoms with Crippen LogP contribution in [0.4, 0.5) is 0 Å². The molecule has 1 heterocycles. The third-order valence-electron chi connectivity index (χ3n) is 4.38. The van der Waals surface area contributed by atoms with Crippen LogP contribution in [0.3, 0.4) is 0 Å². The van der Waals surface area contributed by atoms with Crippen molar-refractivity contribution >= 4 is 30.1 Å². The first-order chi connectivity index (χ1) is 10.2. The lowest BCUT2D eigenvalue weighted by molar-refractivity contribution is -0.120. The van der Waals surface area contributed by atoms with Crippen LogP contribution in [0.15, 0.2) is 18.2 Å². The van der Waals surface area contributed by atoms with Crippen molar-refractivity contribution < 1.29 is 14.1 Å². The predicted molar refractivity (Wildman–Crippen MR) is 89.3 cm³/mol. The first kappa shape index (κ1) is 17.3. The van der Waals surface area contributed by atoms with Crippen molar-refractivity contribution in [1.82, 2.24) is 5.32 Å². The number of carbonyl (C=O) groups excluding carboxylic acids is 1. The molecule has 1 amide bonds. The van der Waals surface area contributed by atoms with E-state index in [2.05, 4.69) is 5.32 Å². The van der Waals surface area contributed by atoms with Gasteiger partial charge in [-0.2, -0.15) is 0 Å². The molecule has 120 valence electrons. The Morgan fingerprint density at radius 2 is 1.82 bits per heavy atom. The lowest BCUT2D eigenvalue weighted by Gasteiger charge is -2.32. The summed E-state index contributed by atoms with van der Waals surface area (Å²) >= 11 is 6.37. The fraction of sp³-hybridized carbons (Fsp3) is 0.562. The van der Waals surface area contributed by atoms with Gasteiger partial charge in [-0.25, -0.2) is 0 Å². The van der Waals surface area contributed by atoms with Gasteiger partial charge in [0.15, 0.2) is 0 Å². The van der Waals surface area contributed by atoms with Crippen LogP contribution in [0.2, 0.25) is 5.02 Å². The Morgan fingerprint density at radius 3 is 2.32 bits per heavy atom. The van der Waals surface area contributed by atoms with Crippen LogP contribution in [0.5, 0.6) is 0 Å². The highest BCUT2D eigenvalue weighted by Gasteiger charge is 2.52. The normalized spacial score (nSPS) is 19.3. The molecule has 2 rings (SSSR count). The van der Waals surface area contributed by atoms with Crippen molar-refractivity contribution in [3.63, 3.8) is 0 Å². The molecule has 0 atom stereocenters. The molecule has 0 saturated carbocycles. The fourth-order valence-electron chi connectivity index (χ4n) is 2.17. The third kappa shape index (κ3) is 3.48. The van der Waals surface area contributed by atoms with Gasteiger partial charge in [0.2, 0.25) is 5.91 Å². The maximum atomic E-state index is 11.3. The van der Waals surface area contributed by atoms with E-state index in [-0.39, 0.29) is 5.91 Å². The minimum absolute atomic E-state index is 0.0196. The average molecular weight is 324 g/mol. The average Bonchev–Trinajstić information content (AvgIpc) is 2.64. The molecule has 0 unspecified atom stereocenters. The van der Waals surface area contributed by atoms with Crippen LogP contribution in [0, 0.1) is 0 Å². The van der Waals surface area contributed by atoms with Crippen molar-refractivity contribution in [1.29, 1.82) is 0 Å². The number of nitrogens with one attached hydrogen (secondary N) is 1. The number of hydrogen-bond donors (Lipinski definition) is 1. The molecule has 0 aliphatic carbocycles. The molecule has 1 saturated heterocycles. The largest absolute Gasteiger partial charge is 0.496 e. The van der Waals surface area contributed by atoms with Gasteiger partial charge in [0.05, 0.1) is 11.2 Å². The van der Waals surface area contributed by atoms with Crippen LogP contribution in [0.1, 0.15) is 46.6 Å². The van der Waals surface area contributed by atoms with E-state index < -0.39 is 18.3 Å². The lowest BCUT2D eigenvalue weighted by Crippen LogP contribution is -2.41.